The number of rotatable bonds is 4. The normalized spacial score (nSPS) is 13.8. The van der Waals surface area contributed by atoms with E-state index in [1.165, 1.54) is 18.2 Å². The van der Waals surface area contributed by atoms with Crippen LogP contribution in [0.15, 0.2) is 67.0 Å². The molecule has 0 spiro atoms. The number of nitrogens with one attached hydrogen (secondary N) is 1. The molecule has 2 N–H and O–H groups in total. The first-order valence-electron chi connectivity index (χ1n) is 9.47. The van der Waals surface area contributed by atoms with Crippen LogP contribution in [0.1, 0.15) is 28.5 Å². The third kappa shape index (κ3) is 3.94. The Hall–Kier alpha value is -3.52. The number of carbonyl (C=O) groups excluding carboxylic acids is 1. The second-order valence-electron chi connectivity index (χ2n) is 7.37. The third-order valence-corrected chi connectivity index (χ3v) is 5.21. The molecule has 1 unspecified atom stereocenters. The van der Waals surface area contributed by atoms with Crippen molar-refractivity contribution >= 4 is 27.6 Å². The number of hydrogen-bond donors (Lipinski definition) is 2. The summed E-state index contributed by atoms with van der Waals surface area (Å²) in [6, 6.07) is 14.7. The van der Waals surface area contributed by atoms with Gasteiger partial charge in [0.25, 0.3) is 5.91 Å². The summed E-state index contributed by atoms with van der Waals surface area (Å²) in [5, 5.41) is 15.1. The third-order valence-electron chi connectivity index (χ3n) is 5.21. The Balaban J connectivity index is 1.55. The lowest BCUT2D eigenvalue weighted by Gasteiger charge is -2.25. The van der Waals surface area contributed by atoms with Crippen molar-refractivity contribution in [3.8, 4) is 0 Å². The van der Waals surface area contributed by atoms with Crippen molar-refractivity contribution < 1.29 is 23.1 Å². The fourth-order valence-corrected chi connectivity index (χ4v) is 3.30. The van der Waals surface area contributed by atoms with E-state index >= 15 is 0 Å². The van der Waals surface area contributed by atoms with E-state index < -0.39 is 17.5 Å². The fourth-order valence-electron chi connectivity index (χ4n) is 3.30. The maximum atomic E-state index is 13.1. The number of nitrogens with zero attached hydrogens (tertiary/aromatic N) is 2. The second-order valence-corrected chi connectivity index (χ2v) is 7.37. The van der Waals surface area contributed by atoms with Crippen LogP contribution < -0.4 is 5.32 Å². The van der Waals surface area contributed by atoms with Crippen molar-refractivity contribution in [2.45, 2.75) is 25.2 Å². The molecule has 0 saturated carbocycles. The Morgan fingerprint density at radius 3 is 2.65 bits per heavy atom. The van der Waals surface area contributed by atoms with Crippen molar-refractivity contribution in [3.05, 3.63) is 83.8 Å². The van der Waals surface area contributed by atoms with Gasteiger partial charge in [-0.25, -0.2) is 4.98 Å². The average Bonchev–Trinajstić information content (AvgIpc) is 2.75. The van der Waals surface area contributed by atoms with Crippen molar-refractivity contribution in [1.82, 2.24) is 15.3 Å². The summed E-state index contributed by atoms with van der Waals surface area (Å²) < 4.78 is 39.2. The largest absolute Gasteiger partial charge is 0.422 e. The summed E-state index contributed by atoms with van der Waals surface area (Å²) in [5.74, 6) is -0.320. The van der Waals surface area contributed by atoms with Crippen LogP contribution in [0, 0.1) is 0 Å². The number of halogens is 3. The van der Waals surface area contributed by atoms with E-state index in [0.29, 0.717) is 24.4 Å². The van der Waals surface area contributed by atoms with Crippen LogP contribution in [0.5, 0.6) is 0 Å². The average molecular weight is 425 g/mol. The predicted octanol–water partition coefficient (Wildman–Crippen LogP) is 4.48. The molecule has 4 rings (SSSR count). The number of carbonyl (C=O) groups is 1. The molecule has 158 valence electrons. The molecule has 2 heterocycles. The van der Waals surface area contributed by atoms with E-state index in [1.807, 2.05) is 24.3 Å². The highest BCUT2D eigenvalue weighted by Gasteiger charge is 2.52. The van der Waals surface area contributed by atoms with Gasteiger partial charge in [-0.1, -0.05) is 24.3 Å². The molecular weight excluding hydrogens is 407 g/mol. The van der Waals surface area contributed by atoms with Gasteiger partial charge in [0.2, 0.25) is 0 Å². The minimum absolute atomic E-state index is 0.250. The molecule has 0 aliphatic carbocycles. The molecule has 0 bridgehead atoms. The summed E-state index contributed by atoms with van der Waals surface area (Å²) >= 11 is 0. The molecule has 31 heavy (non-hydrogen) atoms. The van der Waals surface area contributed by atoms with E-state index in [9.17, 15) is 23.1 Å². The molecule has 0 saturated heterocycles. The Labute approximate surface area is 175 Å². The molecule has 5 nitrogen and oxygen atoms in total. The SMILES string of the molecule is CC(O)(c1ccc2cc(C(=O)NCc3cccc4cnccc34)ccc2n1)C(F)(F)F. The van der Waals surface area contributed by atoms with Crippen molar-refractivity contribution in [2.75, 3.05) is 0 Å². The summed E-state index contributed by atoms with van der Waals surface area (Å²) in [7, 11) is 0. The Morgan fingerprint density at radius 1 is 1.06 bits per heavy atom. The minimum atomic E-state index is -4.86. The van der Waals surface area contributed by atoms with Crippen LogP contribution in [-0.2, 0) is 12.1 Å². The molecule has 0 radical (unpaired) electrons. The molecule has 2 aromatic heterocycles. The lowest BCUT2D eigenvalue weighted by Crippen LogP contribution is -2.39. The number of fused-ring (bicyclic) bond motifs is 2. The van der Waals surface area contributed by atoms with Crippen LogP contribution in [0.25, 0.3) is 21.7 Å². The van der Waals surface area contributed by atoms with Gasteiger partial charge in [-0.3, -0.25) is 9.78 Å². The Kier molecular flexibility index (Phi) is 5.10. The van der Waals surface area contributed by atoms with Crippen LogP contribution in [0.4, 0.5) is 13.2 Å². The number of aromatic nitrogens is 2. The van der Waals surface area contributed by atoms with Gasteiger partial charge in [0.05, 0.1) is 11.2 Å². The maximum absolute atomic E-state index is 13.1. The molecule has 1 amide bonds. The van der Waals surface area contributed by atoms with E-state index in [0.717, 1.165) is 22.4 Å². The van der Waals surface area contributed by atoms with Gasteiger partial charge < -0.3 is 10.4 Å². The van der Waals surface area contributed by atoms with Crippen molar-refractivity contribution in [1.29, 1.82) is 0 Å². The molecule has 8 heteroatoms. The Morgan fingerprint density at radius 2 is 1.87 bits per heavy atom. The smallest absolute Gasteiger partial charge is 0.375 e. The van der Waals surface area contributed by atoms with Gasteiger partial charge >= 0.3 is 6.18 Å². The highest BCUT2D eigenvalue weighted by Crippen LogP contribution is 2.38. The fraction of sp³-hybridized carbons (Fsp3) is 0.174. The number of hydrogen-bond acceptors (Lipinski definition) is 4. The maximum Gasteiger partial charge on any atom is 0.422 e. The second kappa shape index (κ2) is 7.63. The minimum Gasteiger partial charge on any atom is -0.375 e. The molecule has 2 aromatic carbocycles. The molecule has 4 aromatic rings. The number of alkyl halides is 3. The molecule has 1 atom stereocenters. The van der Waals surface area contributed by atoms with Gasteiger partial charge in [-0.2, -0.15) is 13.2 Å². The standard InChI is InChI=1S/C23H18F3N3O2/c1-22(31,23(24,25)26)20-8-6-14-11-15(5-7-19(14)29-20)21(30)28-13-17-4-2-3-16-12-27-10-9-18(16)17/h2-12,31H,13H2,1H3,(H,28,30). The summed E-state index contributed by atoms with van der Waals surface area (Å²) in [6.45, 7) is 0.968. The van der Waals surface area contributed by atoms with Crippen LogP contribution in [0.2, 0.25) is 0 Å². The monoisotopic (exact) mass is 425 g/mol. The summed E-state index contributed by atoms with van der Waals surface area (Å²) in [6.07, 6.45) is -1.42. The predicted molar refractivity (Wildman–Crippen MR) is 110 cm³/mol. The van der Waals surface area contributed by atoms with E-state index in [-0.39, 0.29) is 11.4 Å². The number of amides is 1. The van der Waals surface area contributed by atoms with E-state index in [4.69, 9.17) is 0 Å². The first-order chi connectivity index (χ1) is 14.7. The van der Waals surface area contributed by atoms with Crippen LogP contribution >= 0.6 is 0 Å². The lowest BCUT2D eigenvalue weighted by atomic mass is 9.99. The van der Waals surface area contributed by atoms with Gasteiger partial charge in [-0.15, -0.1) is 0 Å². The van der Waals surface area contributed by atoms with Gasteiger partial charge in [0.1, 0.15) is 0 Å². The van der Waals surface area contributed by atoms with Gasteiger partial charge in [-0.05, 0) is 48.2 Å². The Bertz CT molecular complexity index is 1280. The zero-order valence-electron chi connectivity index (χ0n) is 16.4. The quantitative estimate of drug-likeness (QED) is 0.506. The van der Waals surface area contributed by atoms with Crippen molar-refractivity contribution in [3.63, 3.8) is 0 Å². The van der Waals surface area contributed by atoms with Crippen molar-refractivity contribution in [2.24, 2.45) is 0 Å². The van der Waals surface area contributed by atoms with Crippen LogP contribution in [0.3, 0.4) is 0 Å². The van der Waals surface area contributed by atoms with E-state index in [1.54, 1.807) is 18.5 Å². The zero-order chi connectivity index (χ0) is 22.2. The zero-order valence-corrected chi connectivity index (χ0v) is 16.4. The highest BCUT2D eigenvalue weighted by molar-refractivity contribution is 5.98. The summed E-state index contributed by atoms with van der Waals surface area (Å²) in [5.41, 5.74) is -2.03. The first kappa shape index (κ1) is 20.7. The number of pyridine rings is 2. The van der Waals surface area contributed by atoms with Gasteiger partial charge in [0, 0.05) is 35.3 Å². The number of aliphatic hydroxyl groups is 1. The lowest BCUT2D eigenvalue weighted by molar-refractivity contribution is -0.260. The van der Waals surface area contributed by atoms with E-state index in [2.05, 4.69) is 15.3 Å². The molecular formula is C23H18F3N3O2. The topological polar surface area (TPSA) is 75.1 Å². The highest BCUT2D eigenvalue weighted by atomic mass is 19.4. The summed E-state index contributed by atoms with van der Waals surface area (Å²) in [4.78, 5) is 20.6. The first-order valence-corrected chi connectivity index (χ1v) is 9.47. The molecule has 0 aliphatic heterocycles. The number of benzene rings is 2. The van der Waals surface area contributed by atoms with Crippen LogP contribution in [-0.4, -0.2) is 27.2 Å². The molecule has 0 fully saturated rings. The molecule has 0 aliphatic rings. The van der Waals surface area contributed by atoms with Gasteiger partial charge in [0.15, 0.2) is 5.60 Å².